The lowest BCUT2D eigenvalue weighted by molar-refractivity contribution is -0.162. The van der Waals surface area contributed by atoms with Gasteiger partial charge in [-0.05, 0) is 26.3 Å². The fourth-order valence-corrected chi connectivity index (χ4v) is 4.06. The summed E-state index contributed by atoms with van der Waals surface area (Å²) >= 11 is 0. The molecule has 1 aliphatic carbocycles. The Balaban J connectivity index is 2.05. The molecule has 3 fully saturated rings. The second-order valence-electron chi connectivity index (χ2n) is 8.18. The maximum Gasteiger partial charge on any atom is 0.334 e. The number of ketones is 1. The van der Waals surface area contributed by atoms with Gasteiger partial charge in [0.25, 0.3) is 0 Å². The molecule has 1 saturated carbocycles. The molecule has 2 aliphatic heterocycles. The van der Waals surface area contributed by atoms with Crippen molar-refractivity contribution in [3.63, 3.8) is 0 Å². The average Bonchev–Trinajstić information content (AvgIpc) is 3.25. The number of Topliss-reactive ketones (excluding diaryl/α,β-unsaturated/α-hetero) is 1. The minimum absolute atomic E-state index is 0.0897. The zero-order valence-electron chi connectivity index (χ0n) is 17.6. The number of hydrogen-bond donors (Lipinski definition) is 0. The monoisotopic (exact) mass is 418 g/mol. The quantitative estimate of drug-likeness (QED) is 0.225. The lowest BCUT2D eigenvalue weighted by Crippen LogP contribution is -2.45. The zero-order valence-corrected chi connectivity index (χ0v) is 17.6. The SMILES string of the molecule is C=C1C(=O)O[C@H]2[C@H]1[C@H](OC(=O)/C(C)=C/C)C[C@@]1(C)O[C@@H]1C(=O)CC(=C)[C@@H]2OC(C)=O. The van der Waals surface area contributed by atoms with Gasteiger partial charge in [0.1, 0.15) is 17.8 Å². The highest BCUT2D eigenvalue weighted by molar-refractivity contribution is 5.92. The summed E-state index contributed by atoms with van der Waals surface area (Å²) in [5.74, 6) is -2.88. The van der Waals surface area contributed by atoms with Crippen LogP contribution in [0, 0.1) is 5.92 Å². The molecule has 0 N–H and O–H groups in total. The second-order valence-corrected chi connectivity index (χ2v) is 8.18. The van der Waals surface area contributed by atoms with Crippen molar-refractivity contribution in [1.82, 2.24) is 0 Å². The maximum absolute atomic E-state index is 12.7. The summed E-state index contributed by atoms with van der Waals surface area (Å²) in [6, 6.07) is 0. The molecule has 6 atom stereocenters. The van der Waals surface area contributed by atoms with Gasteiger partial charge < -0.3 is 18.9 Å². The lowest BCUT2D eigenvalue weighted by atomic mass is 9.79. The molecular weight excluding hydrogens is 392 g/mol. The highest BCUT2D eigenvalue weighted by Gasteiger charge is 2.61. The third-order valence-corrected chi connectivity index (χ3v) is 5.85. The number of hydrogen-bond acceptors (Lipinski definition) is 8. The van der Waals surface area contributed by atoms with E-state index in [0.29, 0.717) is 5.57 Å². The molecule has 0 aromatic rings. The summed E-state index contributed by atoms with van der Waals surface area (Å²) < 4.78 is 22.3. The number of ether oxygens (including phenoxy) is 4. The van der Waals surface area contributed by atoms with Crippen molar-refractivity contribution in [2.24, 2.45) is 5.92 Å². The molecule has 0 unspecified atom stereocenters. The van der Waals surface area contributed by atoms with Crippen LogP contribution in [0.25, 0.3) is 0 Å². The van der Waals surface area contributed by atoms with Gasteiger partial charge in [-0.1, -0.05) is 19.2 Å². The van der Waals surface area contributed by atoms with E-state index >= 15 is 0 Å². The van der Waals surface area contributed by atoms with E-state index in [1.54, 1.807) is 26.8 Å². The number of allylic oxidation sites excluding steroid dienone is 1. The topological polar surface area (TPSA) is 108 Å². The van der Waals surface area contributed by atoms with E-state index in [2.05, 4.69) is 13.2 Å². The van der Waals surface area contributed by atoms with Gasteiger partial charge in [-0.2, -0.15) is 0 Å². The van der Waals surface area contributed by atoms with Crippen LogP contribution in [-0.2, 0) is 38.1 Å². The fraction of sp³-hybridized carbons (Fsp3) is 0.545. The molecule has 0 bridgehead atoms. The van der Waals surface area contributed by atoms with Gasteiger partial charge in [0.15, 0.2) is 18.0 Å². The molecule has 8 heteroatoms. The number of esters is 3. The van der Waals surface area contributed by atoms with Crippen molar-refractivity contribution in [3.05, 3.63) is 36.0 Å². The summed E-state index contributed by atoms with van der Waals surface area (Å²) in [6.45, 7) is 14.0. The number of carbonyl (C=O) groups is 4. The standard InChI is InChI=1S/C22H26O8/c1-7-10(2)20(25)28-15-9-22(6)19(30-22)14(24)8-11(3)17(27-13(5)23)18-16(15)12(4)21(26)29-18/h7,15-19H,3-4,8-9H2,1-2,5-6H3/b10-7+/t15-,16-,17+,18+,19-,22-/m1/s1. The Labute approximate surface area is 174 Å². The third kappa shape index (κ3) is 3.96. The minimum Gasteiger partial charge on any atom is -0.458 e. The first-order valence-electron chi connectivity index (χ1n) is 9.77. The molecule has 0 radical (unpaired) electrons. The number of carbonyl (C=O) groups excluding carboxylic acids is 4. The Bertz CT molecular complexity index is 868. The molecule has 162 valence electrons. The molecular formula is C22H26O8. The number of epoxide rings is 1. The summed E-state index contributed by atoms with van der Waals surface area (Å²) in [6.07, 6.45) is -2.00. The Kier molecular flexibility index (Phi) is 5.73. The fourth-order valence-electron chi connectivity index (χ4n) is 4.06. The average molecular weight is 418 g/mol. The normalized spacial score (nSPS) is 36.4. The lowest BCUT2D eigenvalue weighted by Gasteiger charge is -2.33. The van der Waals surface area contributed by atoms with Gasteiger partial charge in [-0.15, -0.1) is 0 Å². The molecule has 30 heavy (non-hydrogen) atoms. The van der Waals surface area contributed by atoms with Gasteiger partial charge in [0.05, 0.1) is 5.92 Å². The predicted molar refractivity (Wildman–Crippen MR) is 104 cm³/mol. The predicted octanol–water partition coefficient (Wildman–Crippen LogP) is 1.97. The largest absolute Gasteiger partial charge is 0.458 e. The van der Waals surface area contributed by atoms with Gasteiger partial charge in [0.2, 0.25) is 0 Å². The second kappa shape index (κ2) is 7.83. The van der Waals surface area contributed by atoms with Gasteiger partial charge in [-0.3, -0.25) is 9.59 Å². The van der Waals surface area contributed by atoms with Crippen LogP contribution in [0.4, 0.5) is 0 Å². The smallest absolute Gasteiger partial charge is 0.334 e. The Morgan fingerprint density at radius 1 is 1.20 bits per heavy atom. The van der Waals surface area contributed by atoms with E-state index in [0.717, 1.165) is 0 Å². The first-order chi connectivity index (χ1) is 14.0. The van der Waals surface area contributed by atoms with Crippen LogP contribution in [0.2, 0.25) is 0 Å². The van der Waals surface area contributed by atoms with E-state index in [4.69, 9.17) is 18.9 Å². The van der Waals surface area contributed by atoms with E-state index in [1.165, 1.54) is 6.92 Å². The van der Waals surface area contributed by atoms with Crippen LogP contribution in [0.5, 0.6) is 0 Å². The molecule has 0 aromatic heterocycles. The van der Waals surface area contributed by atoms with E-state index in [1.807, 2.05) is 0 Å². The van der Waals surface area contributed by atoms with E-state index in [9.17, 15) is 19.2 Å². The first-order valence-corrected chi connectivity index (χ1v) is 9.77. The van der Waals surface area contributed by atoms with Crippen molar-refractivity contribution in [2.75, 3.05) is 0 Å². The van der Waals surface area contributed by atoms with Gasteiger partial charge in [-0.25, -0.2) is 9.59 Å². The van der Waals surface area contributed by atoms with Crippen LogP contribution in [0.3, 0.4) is 0 Å². The van der Waals surface area contributed by atoms with E-state index < -0.39 is 53.8 Å². The zero-order chi connectivity index (χ0) is 22.4. The third-order valence-electron chi connectivity index (χ3n) is 5.85. The minimum atomic E-state index is -1.08. The van der Waals surface area contributed by atoms with Gasteiger partial charge >= 0.3 is 17.9 Å². The molecule has 0 amide bonds. The van der Waals surface area contributed by atoms with E-state index in [-0.39, 0.29) is 29.8 Å². The Morgan fingerprint density at radius 2 is 1.87 bits per heavy atom. The van der Waals surface area contributed by atoms with Crippen molar-refractivity contribution in [3.8, 4) is 0 Å². The van der Waals surface area contributed by atoms with Gasteiger partial charge in [0, 0.05) is 30.9 Å². The summed E-state index contributed by atoms with van der Waals surface area (Å²) in [5.41, 5.74) is -0.0812. The van der Waals surface area contributed by atoms with Crippen molar-refractivity contribution in [2.45, 2.75) is 70.6 Å². The maximum atomic E-state index is 12.7. The summed E-state index contributed by atoms with van der Waals surface area (Å²) in [5, 5.41) is 0. The van der Waals surface area contributed by atoms with Crippen LogP contribution < -0.4 is 0 Å². The number of fused-ring (bicyclic) bond motifs is 2. The molecule has 3 aliphatic rings. The molecule has 8 nitrogen and oxygen atoms in total. The van der Waals surface area contributed by atoms with Crippen molar-refractivity contribution < 1.29 is 38.1 Å². The Hall–Kier alpha value is -2.74. The summed E-state index contributed by atoms with van der Waals surface area (Å²) in [4.78, 5) is 49.3. The molecule has 0 aromatic carbocycles. The summed E-state index contributed by atoms with van der Waals surface area (Å²) in [7, 11) is 0. The Morgan fingerprint density at radius 3 is 2.47 bits per heavy atom. The van der Waals surface area contributed by atoms with Crippen molar-refractivity contribution >= 4 is 23.7 Å². The highest BCUT2D eigenvalue weighted by atomic mass is 16.6. The molecule has 3 rings (SSSR count). The van der Waals surface area contributed by atoms with Crippen LogP contribution >= 0.6 is 0 Å². The van der Waals surface area contributed by atoms with Crippen LogP contribution in [-0.4, -0.2) is 53.7 Å². The molecule has 0 spiro atoms. The number of rotatable bonds is 3. The first kappa shape index (κ1) is 22.0. The molecule has 2 heterocycles. The molecule has 2 saturated heterocycles. The van der Waals surface area contributed by atoms with Crippen LogP contribution in [0.1, 0.15) is 40.5 Å². The van der Waals surface area contributed by atoms with Crippen molar-refractivity contribution in [1.29, 1.82) is 0 Å². The highest BCUT2D eigenvalue weighted by Crippen LogP contribution is 2.48. The van der Waals surface area contributed by atoms with Crippen LogP contribution in [0.15, 0.2) is 36.0 Å².